The van der Waals surface area contributed by atoms with Gasteiger partial charge in [-0.15, -0.1) is 5.10 Å². The second-order valence-corrected chi connectivity index (χ2v) is 6.30. The number of hydrogen-bond acceptors (Lipinski definition) is 6. The molecule has 25 heavy (non-hydrogen) atoms. The number of anilines is 3. The number of nitrogens with two attached hydrogens (primary N) is 1. The molecule has 1 saturated carbocycles. The van der Waals surface area contributed by atoms with Gasteiger partial charge in [0.05, 0.1) is 34.9 Å². The largest absolute Gasteiger partial charge is 0.397 e. The van der Waals surface area contributed by atoms with E-state index >= 15 is 0 Å². The minimum atomic E-state index is 0.536. The number of H-pyrrole nitrogens is 2. The number of nitrogens with zero attached hydrogens (tertiary/aromatic N) is 4. The van der Waals surface area contributed by atoms with Crippen LogP contribution in [0.3, 0.4) is 0 Å². The minimum Gasteiger partial charge on any atom is -0.397 e. The number of benzene rings is 1. The van der Waals surface area contributed by atoms with Crippen LogP contribution >= 0.6 is 0 Å². The van der Waals surface area contributed by atoms with E-state index in [1.165, 1.54) is 12.8 Å². The lowest BCUT2D eigenvalue weighted by Gasteiger charge is -2.10. The summed E-state index contributed by atoms with van der Waals surface area (Å²) in [6, 6.07) is 7.97. The van der Waals surface area contributed by atoms with Gasteiger partial charge in [0.2, 0.25) is 0 Å². The fraction of sp³-hybridized carbons (Fsp3) is 0.176. The first-order valence-corrected chi connectivity index (χ1v) is 8.15. The molecule has 8 heteroatoms. The van der Waals surface area contributed by atoms with Gasteiger partial charge in [0.25, 0.3) is 0 Å². The summed E-state index contributed by atoms with van der Waals surface area (Å²) in [4.78, 5) is 0. The lowest BCUT2D eigenvalue weighted by Crippen LogP contribution is -2.02. The highest BCUT2D eigenvalue weighted by Gasteiger charge is 2.26. The quantitative estimate of drug-likeness (QED) is 0.456. The first kappa shape index (κ1) is 14.0. The van der Waals surface area contributed by atoms with Crippen molar-refractivity contribution in [3.63, 3.8) is 0 Å². The lowest BCUT2D eigenvalue weighted by atomic mass is 10.1. The number of rotatable bonds is 4. The molecule has 0 atom stereocenters. The molecule has 0 radical (unpaired) electrons. The zero-order chi connectivity index (χ0) is 16.8. The average molecular weight is 332 g/mol. The van der Waals surface area contributed by atoms with Gasteiger partial charge in [-0.25, -0.2) is 0 Å². The van der Waals surface area contributed by atoms with Crippen LogP contribution in [-0.2, 0) is 0 Å². The highest BCUT2D eigenvalue weighted by Crippen LogP contribution is 2.41. The van der Waals surface area contributed by atoms with E-state index in [0.717, 1.165) is 33.5 Å². The Balaban J connectivity index is 1.54. The molecule has 3 heterocycles. The zero-order valence-corrected chi connectivity index (χ0v) is 13.3. The molecule has 1 aromatic carbocycles. The Kier molecular flexibility index (Phi) is 2.96. The van der Waals surface area contributed by atoms with Crippen molar-refractivity contribution in [2.24, 2.45) is 0 Å². The van der Waals surface area contributed by atoms with Gasteiger partial charge in [-0.2, -0.15) is 15.3 Å². The van der Waals surface area contributed by atoms with Gasteiger partial charge in [-0.3, -0.25) is 10.2 Å². The van der Waals surface area contributed by atoms with Gasteiger partial charge in [0.1, 0.15) is 0 Å². The van der Waals surface area contributed by atoms with Crippen LogP contribution in [0.25, 0.3) is 22.2 Å². The van der Waals surface area contributed by atoms with Crippen molar-refractivity contribution in [3.05, 3.63) is 42.4 Å². The smallest absolute Gasteiger partial charge is 0.164 e. The third-order valence-corrected chi connectivity index (χ3v) is 4.46. The standard InChI is InChI=1S/C17H16N8/c18-12-8-20-25-17(16(12)15-6-14(23-24-15)9-1-2-9)21-11-4-3-10-7-19-22-13(10)5-11/h3-9H,1-2H2,(H,19,22)(H,23,24)(H3,18,21,25). The first-order valence-electron chi connectivity index (χ1n) is 8.15. The number of nitrogen functional groups attached to an aromatic ring is 1. The molecule has 3 aromatic heterocycles. The summed E-state index contributed by atoms with van der Waals surface area (Å²) in [5.74, 6) is 1.17. The van der Waals surface area contributed by atoms with Crippen LogP contribution in [0, 0.1) is 0 Å². The topological polar surface area (TPSA) is 121 Å². The van der Waals surface area contributed by atoms with Gasteiger partial charge >= 0.3 is 0 Å². The van der Waals surface area contributed by atoms with Crippen LogP contribution in [0.1, 0.15) is 24.5 Å². The van der Waals surface area contributed by atoms with Gasteiger partial charge < -0.3 is 11.1 Å². The molecule has 1 fully saturated rings. The van der Waals surface area contributed by atoms with Crippen LogP contribution in [0.2, 0.25) is 0 Å². The molecule has 1 aliphatic carbocycles. The van der Waals surface area contributed by atoms with Gasteiger partial charge in [0, 0.05) is 22.7 Å². The molecule has 0 amide bonds. The van der Waals surface area contributed by atoms with Crippen molar-refractivity contribution >= 4 is 28.1 Å². The molecule has 5 N–H and O–H groups in total. The monoisotopic (exact) mass is 332 g/mol. The Bertz CT molecular complexity index is 1060. The number of fused-ring (bicyclic) bond motifs is 1. The Morgan fingerprint density at radius 2 is 2.04 bits per heavy atom. The van der Waals surface area contributed by atoms with Crippen LogP contribution < -0.4 is 11.1 Å². The third-order valence-electron chi connectivity index (χ3n) is 4.46. The van der Waals surface area contributed by atoms with Gasteiger partial charge in [-0.1, -0.05) is 0 Å². The average Bonchev–Trinajstić information content (AvgIpc) is 3.16. The molecule has 4 aromatic rings. The van der Waals surface area contributed by atoms with Crippen molar-refractivity contribution in [1.29, 1.82) is 0 Å². The Hall–Kier alpha value is -3.42. The molecule has 0 aliphatic heterocycles. The first-order chi connectivity index (χ1) is 12.3. The summed E-state index contributed by atoms with van der Waals surface area (Å²) in [7, 11) is 0. The molecule has 124 valence electrons. The second-order valence-electron chi connectivity index (χ2n) is 6.30. The third kappa shape index (κ3) is 2.47. The molecule has 0 spiro atoms. The highest BCUT2D eigenvalue weighted by molar-refractivity contribution is 5.87. The van der Waals surface area contributed by atoms with Crippen LogP contribution in [0.5, 0.6) is 0 Å². The maximum atomic E-state index is 6.17. The molecule has 0 unspecified atom stereocenters. The minimum absolute atomic E-state index is 0.536. The predicted octanol–water partition coefficient (Wildman–Crippen LogP) is 2.95. The number of aromatic amines is 2. The van der Waals surface area contributed by atoms with Crippen molar-refractivity contribution in [2.45, 2.75) is 18.8 Å². The Morgan fingerprint density at radius 1 is 1.12 bits per heavy atom. The summed E-state index contributed by atoms with van der Waals surface area (Å²) < 4.78 is 0. The molecule has 8 nitrogen and oxygen atoms in total. The van der Waals surface area contributed by atoms with Crippen LogP contribution in [0.4, 0.5) is 17.2 Å². The fourth-order valence-corrected chi connectivity index (χ4v) is 2.98. The van der Waals surface area contributed by atoms with Crippen molar-refractivity contribution in [3.8, 4) is 11.3 Å². The zero-order valence-electron chi connectivity index (χ0n) is 13.3. The summed E-state index contributed by atoms with van der Waals surface area (Å²) in [5, 5.41) is 27.1. The number of aromatic nitrogens is 6. The molecule has 0 saturated heterocycles. The van der Waals surface area contributed by atoms with E-state index < -0.39 is 0 Å². The number of nitrogens with one attached hydrogen (secondary N) is 3. The van der Waals surface area contributed by atoms with E-state index in [1.54, 1.807) is 12.4 Å². The lowest BCUT2D eigenvalue weighted by molar-refractivity contribution is 0.965. The van der Waals surface area contributed by atoms with Gasteiger partial charge in [-0.05, 0) is 37.1 Å². The van der Waals surface area contributed by atoms with E-state index in [4.69, 9.17) is 5.73 Å². The van der Waals surface area contributed by atoms with Crippen molar-refractivity contribution < 1.29 is 0 Å². The van der Waals surface area contributed by atoms with Crippen molar-refractivity contribution in [1.82, 2.24) is 30.6 Å². The maximum absolute atomic E-state index is 6.17. The summed E-state index contributed by atoms with van der Waals surface area (Å²) in [6.45, 7) is 0. The Morgan fingerprint density at radius 3 is 2.92 bits per heavy atom. The fourth-order valence-electron chi connectivity index (χ4n) is 2.98. The molecule has 1 aliphatic rings. The molecular weight excluding hydrogens is 316 g/mol. The summed E-state index contributed by atoms with van der Waals surface area (Å²) in [5.41, 5.74) is 11.2. The van der Waals surface area contributed by atoms with E-state index in [0.29, 0.717) is 17.4 Å². The summed E-state index contributed by atoms with van der Waals surface area (Å²) >= 11 is 0. The van der Waals surface area contributed by atoms with Crippen LogP contribution in [-0.4, -0.2) is 30.6 Å². The molecule has 0 bridgehead atoms. The van der Waals surface area contributed by atoms with Crippen LogP contribution in [0.15, 0.2) is 36.7 Å². The molecular formula is C17H16N8. The Labute approximate surface area is 142 Å². The predicted molar refractivity (Wildman–Crippen MR) is 95.4 cm³/mol. The van der Waals surface area contributed by atoms with Crippen molar-refractivity contribution in [2.75, 3.05) is 11.1 Å². The normalized spacial score (nSPS) is 14.1. The van der Waals surface area contributed by atoms with E-state index in [1.807, 2.05) is 24.3 Å². The SMILES string of the molecule is Nc1cnnc(Nc2ccc3cn[nH]c3c2)c1-c1cc(C2CC2)[nH]n1. The number of hydrogen-bond donors (Lipinski definition) is 4. The summed E-state index contributed by atoms with van der Waals surface area (Å²) in [6.07, 6.45) is 5.75. The van der Waals surface area contributed by atoms with Gasteiger partial charge in [0.15, 0.2) is 5.82 Å². The maximum Gasteiger partial charge on any atom is 0.164 e. The second kappa shape index (κ2) is 5.30. The molecule has 5 rings (SSSR count). The van der Waals surface area contributed by atoms with E-state index in [-0.39, 0.29) is 0 Å². The highest BCUT2D eigenvalue weighted by atomic mass is 15.2. The van der Waals surface area contributed by atoms with E-state index in [2.05, 4.69) is 35.9 Å². The van der Waals surface area contributed by atoms with E-state index in [9.17, 15) is 0 Å².